The highest BCUT2D eigenvalue weighted by molar-refractivity contribution is 5.80. The van der Waals surface area contributed by atoms with Crippen molar-refractivity contribution in [2.75, 3.05) is 25.5 Å². The normalized spacial score (nSPS) is 10.2. The van der Waals surface area contributed by atoms with Gasteiger partial charge in [-0.05, 0) is 42.3 Å². The number of amides is 1. The molecule has 4 nitrogen and oxygen atoms in total. The fraction of sp³-hybridized carbons (Fsp3) is 0.250. The Bertz CT molecular complexity index is 589. The number of carbonyl (C=O) groups is 1. The van der Waals surface area contributed by atoms with Crippen molar-refractivity contribution in [2.24, 2.45) is 0 Å². The Labute approximate surface area is 123 Å². The van der Waals surface area contributed by atoms with E-state index in [4.69, 9.17) is 0 Å². The van der Waals surface area contributed by atoms with Crippen molar-refractivity contribution in [1.82, 2.24) is 9.88 Å². The summed E-state index contributed by atoms with van der Waals surface area (Å²) in [6.07, 6.45) is 4.26. The zero-order valence-corrected chi connectivity index (χ0v) is 11.9. The number of nitrogens with zero attached hydrogens (tertiary/aromatic N) is 2. The molecule has 0 aliphatic rings. The van der Waals surface area contributed by atoms with Crippen LogP contribution in [0.3, 0.4) is 0 Å². The van der Waals surface area contributed by atoms with Crippen molar-refractivity contribution in [3.05, 3.63) is 60.2 Å². The summed E-state index contributed by atoms with van der Waals surface area (Å²) in [5, 5.41) is 2.92. The van der Waals surface area contributed by atoms with Crippen LogP contribution < -0.4 is 5.32 Å². The van der Waals surface area contributed by atoms with Gasteiger partial charge in [0.25, 0.3) is 0 Å². The molecule has 0 fully saturated rings. The number of pyridine rings is 1. The number of hydrogen-bond acceptors (Lipinski definition) is 3. The molecule has 110 valence electrons. The van der Waals surface area contributed by atoms with Gasteiger partial charge in [0.2, 0.25) is 5.91 Å². The van der Waals surface area contributed by atoms with Gasteiger partial charge in [-0.1, -0.05) is 6.07 Å². The van der Waals surface area contributed by atoms with Gasteiger partial charge in [-0.15, -0.1) is 0 Å². The van der Waals surface area contributed by atoms with Crippen molar-refractivity contribution < 1.29 is 9.18 Å². The summed E-state index contributed by atoms with van der Waals surface area (Å²) >= 11 is 0. The first kappa shape index (κ1) is 15.0. The SMILES string of the molecule is CN(CCc1ccncc1)C(=O)CNc1cccc(F)c1. The van der Waals surface area contributed by atoms with Gasteiger partial charge in [0, 0.05) is 31.7 Å². The second-order valence-electron chi connectivity index (χ2n) is 4.78. The first-order chi connectivity index (χ1) is 10.1. The standard InChI is InChI=1S/C16H18FN3O/c1-20(10-7-13-5-8-18-9-6-13)16(21)12-19-15-4-2-3-14(17)11-15/h2-6,8-9,11,19H,7,10,12H2,1H3. The first-order valence-corrected chi connectivity index (χ1v) is 6.77. The molecule has 0 bridgehead atoms. The zero-order chi connectivity index (χ0) is 15.1. The van der Waals surface area contributed by atoms with E-state index in [1.807, 2.05) is 12.1 Å². The molecule has 1 N–H and O–H groups in total. The predicted octanol–water partition coefficient (Wildman–Crippen LogP) is 2.33. The highest BCUT2D eigenvalue weighted by Gasteiger charge is 2.08. The zero-order valence-electron chi connectivity index (χ0n) is 11.9. The maximum absolute atomic E-state index is 13.0. The number of anilines is 1. The molecule has 2 rings (SSSR count). The van der Waals surface area contributed by atoms with Crippen LogP contribution in [0.15, 0.2) is 48.8 Å². The van der Waals surface area contributed by atoms with Gasteiger partial charge in [-0.3, -0.25) is 9.78 Å². The monoisotopic (exact) mass is 287 g/mol. The second-order valence-corrected chi connectivity index (χ2v) is 4.78. The molecule has 1 amide bonds. The molecule has 1 aromatic heterocycles. The van der Waals surface area contributed by atoms with E-state index in [0.717, 1.165) is 12.0 Å². The summed E-state index contributed by atoms with van der Waals surface area (Å²) in [5.41, 5.74) is 1.74. The number of likely N-dealkylation sites (N-methyl/N-ethyl adjacent to an activating group) is 1. The first-order valence-electron chi connectivity index (χ1n) is 6.77. The van der Waals surface area contributed by atoms with Crippen molar-refractivity contribution >= 4 is 11.6 Å². The maximum atomic E-state index is 13.0. The number of benzene rings is 1. The second kappa shape index (κ2) is 7.38. The molecular formula is C16H18FN3O. The van der Waals surface area contributed by atoms with Crippen LogP contribution >= 0.6 is 0 Å². The minimum absolute atomic E-state index is 0.0340. The minimum Gasteiger partial charge on any atom is -0.376 e. The van der Waals surface area contributed by atoms with Crippen molar-refractivity contribution in [1.29, 1.82) is 0 Å². The summed E-state index contributed by atoms with van der Waals surface area (Å²) in [6.45, 7) is 0.782. The van der Waals surface area contributed by atoms with Crippen molar-refractivity contribution in [3.63, 3.8) is 0 Å². The highest BCUT2D eigenvalue weighted by Crippen LogP contribution is 2.08. The third-order valence-corrected chi connectivity index (χ3v) is 3.18. The summed E-state index contributed by atoms with van der Waals surface area (Å²) in [7, 11) is 1.76. The molecule has 1 heterocycles. The van der Waals surface area contributed by atoms with E-state index in [1.165, 1.54) is 12.1 Å². The lowest BCUT2D eigenvalue weighted by atomic mass is 10.2. The van der Waals surface area contributed by atoms with Gasteiger partial charge in [0.1, 0.15) is 5.82 Å². The number of aromatic nitrogens is 1. The summed E-state index contributed by atoms with van der Waals surface area (Å²) < 4.78 is 13.0. The van der Waals surface area contributed by atoms with Crippen LogP contribution in [0.4, 0.5) is 10.1 Å². The van der Waals surface area contributed by atoms with E-state index in [9.17, 15) is 9.18 Å². The van der Waals surface area contributed by atoms with E-state index in [1.54, 1.807) is 36.5 Å². The molecule has 5 heteroatoms. The molecule has 21 heavy (non-hydrogen) atoms. The Kier molecular flexibility index (Phi) is 5.26. The minimum atomic E-state index is -0.321. The van der Waals surface area contributed by atoms with Gasteiger partial charge >= 0.3 is 0 Å². The van der Waals surface area contributed by atoms with E-state index >= 15 is 0 Å². The fourth-order valence-electron chi connectivity index (χ4n) is 1.88. The molecule has 1 aromatic carbocycles. The fourth-order valence-corrected chi connectivity index (χ4v) is 1.88. The van der Waals surface area contributed by atoms with Crippen LogP contribution in [-0.2, 0) is 11.2 Å². The average molecular weight is 287 g/mol. The Hall–Kier alpha value is -2.43. The quantitative estimate of drug-likeness (QED) is 0.887. The largest absolute Gasteiger partial charge is 0.376 e. The van der Waals surface area contributed by atoms with E-state index < -0.39 is 0 Å². The van der Waals surface area contributed by atoms with Crippen molar-refractivity contribution in [2.45, 2.75) is 6.42 Å². The van der Waals surface area contributed by atoms with Crippen LogP contribution in [0.5, 0.6) is 0 Å². The van der Waals surface area contributed by atoms with Gasteiger partial charge in [0.15, 0.2) is 0 Å². The van der Waals surface area contributed by atoms with Gasteiger partial charge < -0.3 is 10.2 Å². The van der Waals surface area contributed by atoms with Crippen LogP contribution in [0.25, 0.3) is 0 Å². The molecule has 0 atom stereocenters. The number of carbonyl (C=O) groups excluding carboxylic acids is 1. The lowest BCUT2D eigenvalue weighted by Crippen LogP contribution is -2.33. The number of hydrogen-bond donors (Lipinski definition) is 1. The van der Waals surface area contributed by atoms with Gasteiger partial charge in [-0.25, -0.2) is 4.39 Å². The van der Waals surface area contributed by atoms with Crippen LogP contribution in [0, 0.1) is 5.82 Å². The molecular weight excluding hydrogens is 269 g/mol. The Morgan fingerprint density at radius 3 is 2.76 bits per heavy atom. The molecule has 0 saturated heterocycles. The molecule has 0 aliphatic carbocycles. The molecule has 0 spiro atoms. The third kappa shape index (κ3) is 4.87. The Morgan fingerprint density at radius 2 is 2.05 bits per heavy atom. The topological polar surface area (TPSA) is 45.2 Å². The smallest absolute Gasteiger partial charge is 0.241 e. The third-order valence-electron chi connectivity index (χ3n) is 3.18. The highest BCUT2D eigenvalue weighted by atomic mass is 19.1. The summed E-state index contributed by atoms with van der Waals surface area (Å²) in [4.78, 5) is 17.6. The molecule has 2 aromatic rings. The molecule has 0 saturated carbocycles. The molecule has 0 aliphatic heterocycles. The van der Waals surface area contributed by atoms with Crippen LogP contribution in [0.1, 0.15) is 5.56 Å². The Morgan fingerprint density at radius 1 is 1.29 bits per heavy atom. The summed E-state index contributed by atoms with van der Waals surface area (Å²) in [6, 6.07) is 9.94. The van der Waals surface area contributed by atoms with E-state index in [0.29, 0.717) is 12.2 Å². The lowest BCUT2D eigenvalue weighted by Gasteiger charge is -2.17. The number of halogens is 1. The summed E-state index contributed by atoms with van der Waals surface area (Å²) in [5.74, 6) is -0.355. The van der Waals surface area contributed by atoms with Crippen LogP contribution in [-0.4, -0.2) is 35.9 Å². The molecule has 0 radical (unpaired) electrons. The van der Waals surface area contributed by atoms with E-state index in [2.05, 4.69) is 10.3 Å². The maximum Gasteiger partial charge on any atom is 0.241 e. The van der Waals surface area contributed by atoms with Crippen LogP contribution in [0.2, 0.25) is 0 Å². The van der Waals surface area contributed by atoms with E-state index in [-0.39, 0.29) is 18.3 Å². The molecule has 0 unspecified atom stereocenters. The number of rotatable bonds is 6. The predicted molar refractivity (Wildman–Crippen MR) is 80.5 cm³/mol. The van der Waals surface area contributed by atoms with Gasteiger partial charge in [-0.2, -0.15) is 0 Å². The average Bonchev–Trinajstić information content (AvgIpc) is 2.51. The van der Waals surface area contributed by atoms with Gasteiger partial charge in [0.05, 0.1) is 6.54 Å². The Balaban J connectivity index is 1.77. The van der Waals surface area contributed by atoms with Crippen molar-refractivity contribution in [3.8, 4) is 0 Å². The lowest BCUT2D eigenvalue weighted by molar-refractivity contribution is -0.127. The number of nitrogens with one attached hydrogen (secondary N) is 1.